The lowest BCUT2D eigenvalue weighted by atomic mass is 10.1. The standard InChI is InChI=1S/C21H26N6O2/c1-26-14-18-19(25-26)21(29)22-9-4-2-3-5-10-27-13-17(12-23-27)15-7-6-8-16(11-15)20(28)24-18/h6-8,11-14,20,24,28H,2-5,9-10H2,1H3,(H,22,29). The van der Waals surface area contributed by atoms with Gasteiger partial charge >= 0.3 is 0 Å². The van der Waals surface area contributed by atoms with Crippen LogP contribution in [-0.4, -0.2) is 37.1 Å². The first-order valence-corrected chi connectivity index (χ1v) is 9.99. The number of carbonyl (C=O) groups is 1. The molecule has 3 N–H and O–H groups in total. The molecule has 1 atom stereocenters. The molecular weight excluding hydrogens is 368 g/mol. The summed E-state index contributed by atoms with van der Waals surface area (Å²) in [6.45, 7) is 1.47. The number of aromatic nitrogens is 4. The van der Waals surface area contributed by atoms with Crippen molar-refractivity contribution in [3.63, 3.8) is 0 Å². The van der Waals surface area contributed by atoms with Gasteiger partial charge in [-0.05, 0) is 24.5 Å². The third kappa shape index (κ3) is 4.48. The number of hydrogen-bond donors (Lipinski definition) is 3. The summed E-state index contributed by atoms with van der Waals surface area (Å²) in [5.74, 6) is -0.238. The number of amides is 1. The maximum atomic E-state index is 12.6. The summed E-state index contributed by atoms with van der Waals surface area (Å²) in [6.07, 6.45) is 8.72. The Labute approximate surface area is 169 Å². The number of rotatable bonds is 0. The molecule has 0 fully saturated rings. The Balaban J connectivity index is 1.65. The van der Waals surface area contributed by atoms with E-state index in [4.69, 9.17) is 0 Å². The zero-order valence-corrected chi connectivity index (χ0v) is 16.5. The quantitative estimate of drug-likeness (QED) is 0.545. The third-order valence-electron chi connectivity index (χ3n) is 5.10. The van der Waals surface area contributed by atoms with Crippen molar-refractivity contribution < 1.29 is 9.90 Å². The lowest BCUT2D eigenvalue weighted by Crippen LogP contribution is -2.26. The Morgan fingerprint density at radius 1 is 1.14 bits per heavy atom. The number of nitrogens with zero attached hydrogens (tertiary/aromatic N) is 4. The van der Waals surface area contributed by atoms with Crippen molar-refractivity contribution in [3.05, 3.63) is 54.1 Å². The number of aliphatic hydroxyl groups excluding tert-OH is 1. The van der Waals surface area contributed by atoms with Crippen LogP contribution in [0.2, 0.25) is 0 Å². The fourth-order valence-corrected chi connectivity index (χ4v) is 3.55. The molecule has 8 nitrogen and oxygen atoms in total. The highest BCUT2D eigenvalue weighted by molar-refractivity contribution is 5.97. The molecule has 1 aliphatic rings. The largest absolute Gasteiger partial charge is 0.369 e. The van der Waals surface area contributed by atoms with Crippen molar-refractivity contribution in [1.82, 2.24) is 24.9 Å². The zero-order valence-electron chi connectivity index (χ0n) is 16.5. The molecular formula is C21H26N6O2. The Morgan fingerprint density at radius 2 is 2.00 bits per heavy atom. The summed E-state index contributed by atoms with van der Waals surface area (Å²) in [5, 5.41) is 25.4. The molecule has 152 valence electrons. The molecule has 0 spiro atoms. The second-order valence-electron chi connectivity index (χ2n) is 7.40. The van der Waals surface area contributed by atoms with Crippen LogP contribution >= 0.6 is 0 Å². The average Bonchev–Trinajstić information content (AvgIpc) is 3.33. The summed E-state index contributed by atoms with van der Waals surface area (Å²) >= 11 is 0. The fraction of sp³-hybridized carbons (Fsp3) is 0.381. The Bertz CT molecular complexity index is 993. The topological polar surface area (TPSA) is 97.0 Å². The van der Waals surface area contributed by atoms with Crippen LogP contribution in [0.15, 0.2) is 42.9 Å². The maximum Gasteiger partial charge on any atom is 0.273 e. The number of fused-ring (bicyclic) bond motifs is 6. The lowest BCUT2D eigenvalue weighted by Gasteiger charge is -2.15. The molecule has 0 radical (unpaired) electrons. The molecule has 1 unspecified atom stereocenters. The molecule has 0 saturated heterocycles. The number of hydrogen-bond acceptors (Lipinski definition) is 5. The number of aryl methyl sites for hydroxylation is 2. The number of aliphatic hydroxyl groups is 1. The van der Waals surface area contributed by atoms with E-state index in [9.17, 15) is 9.90 Å². The molecule has 29 heavy (non-hydrogen) atoms. The van der Waals surface area contributed by atoms with Crippen molar-refractivity contribution in [2.24, 2.45) is 7.05 Å². The Morgan fingerprint density at radius 3 is 2.90 bits per heavy atom. The predicted octanol–water partition coefficient (Wildman–Crippen LogP) is 2.69. The molecule has 0 aliphatic carbocycles. The molecule has 1 amide bonds. The highest BCUT2D eigenvalue weighted by Gasteiger charge is 2.19. The van der Waals surface area contributed by atoms with Gasteiger partial charge in [0.15, 0.2) is 11.9 Å². The molecule has 8 heteroatoms. The summed E-state index contributed by atoms with van der Waals surface area (Å²) in [7, 11) is 1.75. The first-order chi connectivity index (χ1) is 14.1. The van der Waals surface area contributed by atoms with Crippen LogP contribution in [0.25, 0.3) is 11.1 Å². The van der Waals surface area contributed by atoms with Gasteiger partial charge in [-0.25, -0.2) is 0 Å². The van der Waals surface area contributed by atoms with Gasteiger partial charge in [-0.3, -0.25) is 14.2 Å². The molecule has 2 aromatic heterocycles. The summed E-state index contributed by atoms with van der Waals surface area (Å²) in [5.41, 5.74) is 3.48. The van der Waals surface area contributed by atoms with Gasteiger partial charge in [0.1, 0.15) is 0 Å². The van der Waals surface area contributed by atoms with Crippen LogP contribution < -0.4 is 10.6 Å². The van der Waals surface area contributed by atoms with E-state index in [1.807, 2.05) is 41.3 Å². The fourth-order valence-electron chi connectivity index (χ4n) is 3.55. The third-order valence-corrected chi connectivity index (χ3v) is 5.10. The van der Waals surface area contributed by atoms with E-state index in [1.165, 1.54) is 0 Å². The monoisotopic (exact) mass is 394 g/mol. The number of benzene rings is 1. The number of nitrogens with one attached hydrogen (secondary N) is 2. The van der Waals surface area contributed by atoms with Crippen molar-refractivity contribution in [1.29, 1.82) is 0 Å². The van der Waals surface area contributed by atoms with E-state index in [-0.39, 0.29) is 11.6 Å². The minimum absolute atomic E-state index is 0.238. The summed E-state index contributed by atoms with van der Waals surface area (Å²) < 4.78 is 3.53. The normalized spacial score (nSPS) is 18.1. The zero-order chi connectivity index (χ0) is 20.2. The lowest BCUT2D eigenvalue weighted by molar-refractivity contribution is 0.0947. The smallest absolute Gasteiger partial charge is 0.273 e. The van der Waals surface area contributed by atoms with Crippen molar-refractivity contribution in [3.8, 4) is 11.1 Å². The van der Waals surface area contributed by atoms with Crippen molar-refractivity contribution in [2.75, 3.05) is 11.9 Å². The van der Waals surface area contributed by atoms with Gasteiger partial charge < -0.3 is 15.7 Å². The highest BCUT2D eigenvalue weighted by atomic mass is 16.3. The van der Waals surface area contributed by atoms with Crippen LogP contribution in [0.5, 0.6) is 0 Å². The predicted molar refractivity (Wildman–Crippen MR) is 110 cm³/mol. The van der Waals surface area contributed by atoms with Gasteiger partial charge in [-0.1, -0.05) is 31.0 Å². The van der Waals surface area contributed by atoms with Crippen LogP contribution in [0.3, 0.4) is 0 Å². The van der Waals surface area contributed by atoms with E-state index in [2.05, 4.69) is 20.8 Å². The number of anilines is 1. The minimum atomic E-state index is -0.973. The van der Waals surface area contributed by atoms with Crippen molar-refractivity contribution >= 4 is 11.6 Å². The maximum absolute atomic E-state index is 12.6. The molecule has 4 bridgehead atoms. The second kappa shape index (κ2) is 8.48. The van der Waals surface area contributed by atoms with Crippen molar-refractivity contribution in [2.45, 2.75) is 38.5 Å². The van der Waals surface area contributed by atoms with Crippen LogP contribution in [-0.2, 0) is 13.6 Å². The van der Waals surface area contributed by atoms with E-state index in [1.54, 1.807) is 17.9 Å². The molecule has 4 rings (SSSR count). The molecule has 3 aromatic rings. The Kier molecular flexibility index (Phi) is 5.62. The highest BCUT2D eigenvalue weighted by Crippen LogP contribution is 2.25. The van der Waals surface area contributed by atoms with Crippen LogP contribution in [0.4, 0.5) is 5.69 Å². The average molecular weight is 394 g/mol. The first-order valence-electron chi connectivity index (χ1n) is 9.99. The van der Waals surface area contributed by atoms with E-state index in [0.29, 0.717) is 17.8 Å². The van der Waals surface area contributed by atoms with Gasteiger partial charge in [0.25, 0.3) is 5.91 Å². The van der Waals surface area contributed by atoms with Gasteiger partial charge in [0.05, 0.1) is 11.9 Å². The van der Waals surface area contributed by atoms with E-state index < -0.39 is 6.23 Å². The van der Waals surface area contributed by atoms with Gasteiger partial charge in [-0.2, -0.15) is 10.2 Å². The van der Waals surface area contributed by atoms with E-state index in [0.717, 1.165) is 43.4 Å². The number of carbonyl (C=O) groups excluding carboxylic acids is 1. The van der Waals surface area contributed by atoms with Crippen LogP contribution in [0, 0.1) is 0 Å². The molecule has 3 heterocycles. The van der Waals surface area contributed by atoms with E-state index >= 15 is 0 Å². The molecule has 1 aliphatic heterocycles. The Hall–Kier alpha value is -3.13. The SMILES string of the molecule is Cn1cc2c(n1)C(=O)NCCCCCCn1cc(cn1)-c1cccc(c1)C(O)N2. The molecule has 0 saturated carbocycles. The summed E-state index contributed by atoms with van der Waals surface area (Å²) in [4.78, 5) is 12.6. The van der Waals surface area contributed by atoms with Gasteiger partial charge in [0.2, 0.25) is 0 Å². The van der Waals surface area contributed by atoms with Gasteiger partial charge in [-0.15, -0.1) is 0 Å². The first kappa shape index (κ1) is 19.2. The van der Waals surface area contributed by atoms with Gasteiger partial charge in [0, 0.05) is 43.7 Å². The molecule has 1 aromatic carbocycles. The summed E-state index contributed by atoms with van der Waals surface area (Å²) in [6, 6.07) is 7.68. The second-order valence-corrected chi connectivity index (χ2v) is 7.40. The van der Waals surface area contributed by atoms with Crippen LogP contribution in [0.1, 0.15) is 48.0 Å². The minimum Gasteiger partial charge on any atom is -0.369 e.